The lowest BCUT2D eigenvalue weighted by molar-refractivity contribution is 0.0922. The Labute approximate surface area is 126 Å². The number of carbonyl (C=O) groups excluding carboxylic acids is 1. The van der Waals surface area contributed by atoms with Gasteiger partial charge in [-0.15, -0.1) is 0 Å². The van der Waals surface area contributed by atoms with Crippen LogP contribution in [-0.4, -0.2) is 24.4 Å². The van der Waals surface area contributed by atoms with Crippen molar-refractivity contribution < 1.29 is 9.53 Å². The lowest BCUT2D eigenvalue weighted by Crippen LogP contribution is -2.13. The van der Waals surface area contributed by atoms with Gasteiger partial charge in [-0.25, -0.2) is 4.98 Å². The van der Waals surface area contributed by atoms with Gasteiger partial charge >= 0.3 is 0 Å². The Balaban J connectivity index is 1.73. The number of aromatic nitrogens is 1. The molecule has 0 fully saturated rings. The molecular formula is C16H14N2O2S. The summed E-state index contributed by atoms with van der Waals surface area (Å²) in [6.45, 7) is -0.0154. The number of ether oxygens (including phenoxy) is 1. The van der Waals surface area contributed by atoms with E-state index in [1.807, 2.05) is 42.5 Å². The molecule has 0 amide bonds. The molecule has 2 aromatic carbocycles. The minimum absolute atomic E-state index is 0.0154. The standard InChI is InChI=1S/C16H14N2O2S/c1-17-12-7-3-2-6-11(12)14(19)10-20-16-18-13-8-4-5-9-15(13)21-16/h2-9,17H,10H2,1H3. The van der Waals surface area contributed by atoms with E-state index in [-0.39, 0.29) is 12.4 Å². The van der Waals surface area contributed by atoms with Crippen LogP contribution in [0.25, 0.3) is 10.2 Å². The maximum Gasteiger partial charge on any atom is 0.274 e. The van der Waals surface area contributed by atoms with Crippen molar-refractivity contribution in [3.8, 4) is 5.19 Å². The molecule has 1 N–H and O–H groups in total. The smallest absolute Gasteiger partial charge is 0.274 e. The molecule has 4 nitrogen and oxygen atoms in total. The van der Waals surface area contributed by atoms with Crippen LogP contribution < -0.4 is 10.1 Å². The van der Waals surface area contributed by atoms with Crippen molar-refractivity contribution in [3.05, 3.63) is 54.1 Å². The van der Waals surface area contributed by atoms with Gasteiger partial charge in [0, 0.05) is 18.3 Å². The Bertz CT molecular complexity index is 750. The zero-order valence-electron chi connectivity index (χ0n) is 11.5. The first-order valence-corrected chi connectivity index (χ1v) is 7.38. The van der Waals surface area contributed by atoms with Crippen LogP contribution in [0.1, 0.15) is 10.4 Å². The molecule has 0 aliphatic heterocycles. The number of nitrogens with one attached hydrogen (secondary N) is 1. The third-order valence-corrected chi connectivity index (χ3v) is 4.05. The van der Waals surface area contributed by atoms with Gasteiger partial charge in [-0.1, -0.05) is 35.6 Å². The van der Waals surface area contributed by atoms with E-state index in [4.69, 9.17) is 4.74 Å². The number of para-hydroxylation sites is 2. The zero-order valence-corrected chi connectivity index (χ0v) is 12.3. The van der Waals surface area contributed by atoms with Gasteiger partial charge in [0.05, 0.1) is 10.2 Å². The van der Waals surface area contributed by atoms with Gasteiger partial charge < -0.3 is 10.1 Å². The molecule has 1 aromatic heterocycles. The second kappa shape index (κ2) is 5.93. The van der Waals surface area contributed by atoms with Crippen LogP contribution >= 0.6 is 11.3 Å². The largest absolute Gasteiger partial charge is 0.462 e. The predicted molar refractivity (Wildman–Crippen MR) is 85.4 cm³/mol. The maximum atomic E-state index is 12.2. The molecule has 0 aliphatic carbocycles. The number of hydrogen-bond acceptors (Lipinski definition) is 5. The van der Waals surface area contributed by atoms with Crippen molar-refractivity contribution in [2.75, 3.05) is 19.0 Å². The van der Waals surface area contributed by atoms with Crippen LogP contribution in [0.4, 0.5) is 5.69 Å². The first-order valence-electron chi connectivity index (χ1n) is 6.56. The van der Waals surface area contributed by atoms with E-state index < -0.39 is 0 Å². The number of carbonyl (C=O) groups is 1. The average Bonchev–Trinajstić information content (AvgIpc) is 2.95. The van der Waals surface area contributed by atoms with E-state index in [9.17, 15) is 4.79 Å². The van der Waals surface area contributed by atoms with Crippen LogP contribution in [-0.2, 0) is 0 Å². The fraction of sp³-hybridized carbons (Fsp3) is 0.125. The Kier molecular flexibility index (Phi) is 3.83. The van der Waals surface area contributed by atoms with Crippen molar-refractivity contribution in [3.63, 3.8) is 0 Å². The summed E-state index contributed by atoms with van der Waals surface area (Å²) in [5.41, 5.74) is 2.32. The molecule has 3 rings (SSSR count). The van der Waals surface area contributed by atoms with Crippen LogP contribution in [0.3, 0.4) is 0 Å². The van der Waals surface area contributed by atoms with Crippen molar-refractivity contribution >= 4 is 33.0 Å². The molecular weight excluding hydrogens is 284 g/mol. The van der Waals surface area contributed by atoms with Gasteiger partial charge in [-0.05, 0) is 24.3 Å². The summed E-state index contributed by atoms with van der Waals surface area (Å²) in [7, 11) is 1.79. The Morgan fingerprint density at radius 2 is 1.95 bits per heavy atom. The number of Topliss-reactive ketones (excluding diaryl/α,β-unsaturated/α-hetero) is 1. The van der Waals surface area contributed by atoms with E-state index in [1.165, 1.54) is 11.3 Å². The first-order chi connectivity index (χ1) is 10.3. The Morgan fingerprint density at radius 3 is 2.76 bits per heavy atom. The topological polar surface area (TPSA) is 51.2 Å². The molecule has 0 atom stereocenters. The van der Waals surface area contributed by atoms with E-state index in [1.54, 1.807) is 13.1 Å². The zero-order chi connectivity index (χ0) is 14.7. The van der Waals surface area contributed by atoms with Gasteiger partial charge in [-0.3, -0.25) is 4.79 Å². The van der Waals surface area contributed by atoms with Gasteiger partial charge in [0.25, 0.3) is 5.19 Å². The minimum atomic E-state index is -0.0702. The van der Waals surface area contributed by atoms with Crippen molar-refractivity contribution in [2.24, 2.45) is 0 Å². The van der Waals surface area contributed by atoms with Gasteiger partial charge in [0.2, 0.25) is 5.78 Å². The molecule has 0 bridgehead atoms. The number of rotatable bonds is 5. The highest BCUT2D eigenvalue weighted by atomic mass is 32.1. The lowest BCUT2D eigenvalue weighted by Gasteiger charge is -2.07. The van der Waals surface area contributed by atoms with Gasteiger partial charge in [-0.2, -0.15) is 0 Å². The molecule has 0 aliphatic rings. The molecule has 0 unspecified atom stereocenters. The number of anilines is 1. The van der Waals surface area contributed by atoms with Gasteiger partial charge in [0.15, 0.2) is 6.61 Å². The SMILES string of the molecule is CNc1ccccc1C(=O)COc1nc2ccccc2s1. The Morgan fingerprint density at radius 1 is 1.19 bits per heavy atom. The summed E-state index contributed by atoms with van der Waals surface area (Å²) < 4.78 is 6.59. The number of hydrogen-bond donors (Lipinski definition) is 1. The van der Waals surface area contributed by atoms with E-state index in [2.05, 4.69) is 10.3 Å². The molecule has 21 heavy (non-hydrogen) atoms. The van der Waals surface area contributed by atoms with Crippen molar-refractivity contribution in [2.45, 2.75) is 0 Å². The fourth-order valence-electron chi connectivity index (χ4n) is 2.06. The highest BCUT2D eigenvalue weighted by Crippen LogP contribution is 2.27. The van der Waals surface area contributed by atoms with Crippen LogP contribution in [0, 0.1) is 0 Å². The molecule has 106 valence electrons. The second-order valence-electron chi connectivity index (χ2n) is 4.45. The normalized spacial score (nSPS) is 10.5. The van der Waals surface area contributed by atoms with Gasteiger partial charge in [0.1, 0.15) is 0 Å². The third-order valence-electron chi connectivity index (χ3n) is 3.10. The van der Waals surface area contributed by atoms with E-state index >= 15 is 0 Å². The number of thiazole rings is 1. The highest BCUT2D eigenvalue weighted by Gasteiger charge is 2.12. The summed E-state index contributed by atoms with van der Waals surface area (Å²) in [6, 6.07) is 15.2. The molecule has 1 heterocycles. The van der Waals surface area contributed by atoms with Crippen LogP contribution in [0.5, 0.6) is 5.19 Å². The lowest BCUT2D eigenvalue weighted by atomic mass is 10.1. The summed E-state index contributed by atoms with van der Waals surface area (Å²) in [5.74, 6) is -0.0702. The highest BCUT2D eigenvalue weighted by molar-refractivity contribution is 7.20. The molecule has 5 heteroatoms. The predicted octanol–water partition coefficient (Wildman–Crippen LogP) is 3.60. The quantitative estimate of drug-likeness (QED) is 0.731. The molecule has 0 radical (unpaired) electrons. The summed E-state index contributed by atoms with van der Waals surface area (Å²) in [6.07, 6.45) is 0. The monoisotopic (exact) mass is 298 g/mol. The molecule has 0 saturated carbocycles. The van der Waals surface area contributed by atoms with Crippen LogP contribution in [0.15, 0.2) is 48.5 Å². The Hall–Kier alpha value is -2.40. The summed E-state index contributed by atoms with van der Waals surface area (Å²) >= 11 is 1.44. The fourth-order valence-corrected chi connectivity index (χ4v) is 2.88. The molecule has 0 saturated heterocycles. The number of nitrogens with zero attached hydrogens (tertiary/aromatic N) is 1. The molecule has 3 aromatic rings. The summed E-state index contributed by atoms with van der Waals surface area (Å²) in [4.78, 5) is 16.6. The number of fused-ring (bicyclic) bond motifs is 1. The number of benzene rings is 2. The summed E-state index contributed by atoms with van der Waals surface area (Å²) in [5, 5.41) is 3.53. The second-order valence-corrected chi connectivity index (χ2v) is 5.45. The van der Waals surface area contributed by atoms with E-state index in [0.717, 1.165) is 15.9 Å². The maximum absolute atomic E-state index is 12.2. The molecule has 0 spiro atoms. The first kappa shape index (κ1) is 13.6. The number of ketones is 1. The van der Waals surface area contributed by atoms with Crippen molar-refractivity contribution in [1.29, 1.82) is 0 Å². The average molecular weight is 298 g/mol. The third kappa shape index (κ3) is 2.87. The minimum Gasteiger partial charge on any atom is -0.462 e. The van der Waals surface area contributed by atoms with Crippen LogP contribution in [0.2, 0.25) is 0 Å². The van der Waals surface area contributed by atoms with E-state index in [0.29, 0.717) is 10.8 Å². The van der Waals surface area contributed by atoms with Crippen molar-refractivity contribution in [1.82, 2.24) is 4.98 Å².